The Morgan fingerprint density at radius 1 is 1.00 bits per heavy atom. The maximum Gasteiger partial charge on any atom is 0.275 e. The van der Waals surface area contributed by atoms with Gasteiger partial charge in [-0.15, -0.1) is 11.3 Å². The molecule has 3 aromatic carbocycles. The fourth-order valence-corrected chi connectivity index (χ4v) is 3.52. The maximum atomic E-state index is 13.7. The van der Waals surface area contributed by atoms with Crippen LogP contribution in [0.5, 0.6) is 5.75 Å². The molecule has 0 aliphatic heterocycles. The van der Waals surface area contributed by atoms with E-state index in [2.05, 4.69) is 10.3 Å². The maximum absolute atomic E-state index is 13.7. The van der Waals surface area contributed by atoms with Gasteiger partial charge >= 0.3 is 0 Å². The van der Waals surface area contributed by atoms with Crippen LogP contribution in [0.15, 0.2) is 78.2 Å². The van der Waals surface area contributed by atoms with Crippen molar-refractivity contribution in [2.45, 2.75) is 6.61 Å². The minimum Gasteiger partial charge on any atom is -0.489 e. The number of halogens is 2. The first-order chi connectivity index (χ1) is 14.6. The average molecular weight is 422 g/mol. The predicted molar refractivity (Wildman–Crippen MR) is 113 cm³/mol. The van der Waals surface area contributed by atoms with Crippen molar-refractivity contribution in [1.82, 2.24) is 4.98 Å². The molecule has 4 rings (SSSR count). The number of benzene rings is 3. The molecule has 1 amide bonds. The van der Waals surface area contributed by atoms with Crippen molar-refractivity contribution in [3.05, 3.63) is 101 Å². The summed E-state index contributed by atoms with van der Waals surface area (Å²) in [5, 5.41) is 4.79. The van der Waals surface area contributed by atoms with Gasteiger partial charge in [0.2, 0.25) is 0 Å². The number of nitrogens with one attached hydrogen (secondary N) is 1. The number of carbonyl (C=O) groups excluding carboxylic acids is 1. The van der Waals surface area contributed by atoms with Crippen LogP contribution in [0.25, 0.3) is 10.6 Å². The Morgan fingerprint density at radius 3 is 2.60 bits per heavy atom. The van der Waals surface area contributed by atoms with E-state index in [4.69, 9.17) is 4.74 Å². The van der Waals surface area contributed by atoms with E-state index in [1.807, 2.05) is 24.3 Å². The summed E-state index contributed by atoms with van der Waals surface area (Å²) in [5.41, 5.74) is 1.95. The lowest BCUT2D eigenvalue weighted by atomic mass is 10.2. The summed E-state index contributed by atoms with van der Waals surface area (Å²) in [4.78, 5) is 16.7. The SMILES string of the molecule is O=C(Nc1ccccc1F)c1csc(-c2cccc(OCc3ccc(F)cc3)c2)n1. The van der Waals surface area contributed by atoms with Crippen LogP contribution in [0.1, 0.15) is 16.1 Å². The Kier molecular flexibility index (Phi) is 5.81. The van der Waals surface area contributed by atoms with Crippen LogP contribution in [0, 0.1) is 11.6 Å². The standard InChI is InChI=1S/C23H16F2N2O2S/c24-17-10-8-15(9-11-17)13-29-18-5-3-4-16(12-18)23-27-21(14-30-23)22(28)26-20-7-2-1-6-19(20)25/h1-12,14H,13H2,(H,26,28). The second kappa shape index (κ2) is 8.84. The number of anilines is 1. The Morgan fingerprint density at radius 2 is 1.80 bits per heavy atom. The second-order valence-electron chi connectivity index (χ2n) is 6.41. The highest BCUT2D eigenvalue weighted by Gasteiger charge is 2.14. The molecule has 1 N–H and O–H groups in total. The normalized spacial score (nSPS) is 10.6. The third-order valence-electron chi connectivity index (χ3n) is 4.26. The van der Waals surface area contributed by atoms with Crippen LogP contribution in [0.4, 0.5) is 14.5 Å². The topological polar surface area (TPSA) is 51.2 Å². The van der Waals surface area contributed by atoms with E-state index in [1.165, 1.54) is 35.6 Å². The van der Waals surface area contributed by atoms with E-state index in [0.717, 1.165) is 11.1 Å². The molecular formula is C23H16F2N2O2S. The zero-order chi connectivity index (χ0) is 20.9. The van der Waals surface area contributed by atoms with E-state index < -0.39 is 11.7 Å². The fraction of sp³-hybridized carbons (Fsp3) is 0.0435. The molecular weight excluding hydrogens is 406 g/mol. The average Bonchev–Trinajstić information content (AvgIpc) is 3.26. The van der Waals surface area contributed by atoms with E-state index in [0.29, 0.717) is 17.4 Å². The van der Waals surface area contributed by atoms with Gasteiger partial charge < -0.3 is 10.1 Å². The molecule has 0 aliphatic carbocycles. The van der Waals surface area contributed by atoms with Crippen molar-refractivity contribution in [3.8, 4) is 16.3 Å². The van der Waals surface area contributed by atoms with Crippen molar-refractivity contribution in [2.75, 3.05) is 5.32 Å². The third kappa shape index (κ3) is 4.69. The van der Waals surface area contributed by atoms with Crippen LogP contribution in [0.2, 0.25) is 0 Å². The summed E-state index contributed by atoms with van der Waals surface area (Å²) in [5.74, 6) is -0.651. The molecule has 30 heavy (non-hydrogen) atoms. The summed E-state index contributed by atoms with van der Waals surface area (Å²) in [7, 11) is 0. The molecule has 0 radical (unpaired) electrons. The summed E-state index contributed by atoms with van der Waals surface area (Å²) < 4.78 is 32.5. The predicted octanol–water partition coefficient (Wildman–Crippen LogP) is 5.92. The van der Waals surface area contributed by atoms with E-state index in [-0.39, 0.29) is 17.2 Å². The van der Waals surface area contributed by atoms with Crippen molar-refractivity contribution >= 4 is 22.9 Å². The number of hydrogen-bond acceptors (Lipinski definition) is 4. The molecule has 4 nitrogen and oxygen atoms in total. The number of thiazole rings is 1. The minimum atomic E-state index is -0.507. The van der Waals surface area contributed by atoms with E-state index in [9.17, 15) is 13.6 Å². The largest absolute Gasteiger partial charge is 0.489 e. The minimum absolute atomic E-state index is 0.105. The zero-order valence-corrected chi connectivity index (χ0v) is 16.5. The first kappa shape index (κ1) is 19.7. The lowest BCUT2D eigenvalue weighted by Crippen LogP contribution is -2.13. The molecule has 4 aromatic rings. The molecule has 1 heterocycles. The van der Waals surface area contributed by atoms with Crippen molar-refractivity contribution < 1.29 is 18.3 Å². The molecule has 150 valence electrons. The lowest BCUT2D eigenvalue weighted by Gasteiger charge is -2.07. The number of aromatic nitrogens is 1. The van der Waals surface area contributed by atoms with Gasteiger partial charge in [-0.25, -0.2) is 13.8 Å². The monoisotopic (exact) mass is 422 g/mol. The highest BCUT2D eigenvalue weighted by atomic mass is 32.1. The van der Waals surface area contributed by atoms with E-state index >= 15 is 0 Å². The number of amides is 1. The van der Waals surface area contributed by atoms with Crippen molar-refractivity contribution in [2.24, 2.45) is 0 Å². The van der Waals surface area contributed by atoms with Gasteiger partial charge in [-0.05, 0) is 42.0 Å². The number of carbonyl (C=O) groups is 1. The summed E-state index contributed by atoms with van der Waals surface area (Å²) in [6.07, 6.45) is 0. The molecule has 0 bridgehead atoms. The van der Waals surface area contributed by atoms with Gasteiger partial charge in [0.05, 0.1) is 5.69 Å². The van der Waals surface area contributed by atoms with Crippen LogP contribution in [-0.4, -0.2) is 10.9 Å². The molecule has 0 unspecified atom stereocenters. The van der Waals surface area contributed by atoms with Gasteiger partial charge in [-0.3, -0.25) is 4.79 Å². The number of nitrogens with zero attached hydrogens (tertiary/aromatic N) is 1. The Bertz CT molecular complexity index is 1180. The molecule has 0 saturated heterocycles. The molecule has 7 heteroatoms. The van der Waals surface area contributed by atoms with Crippen LogP contribution >= 0.6 is 11.3 Å². The first-order valence-electron chi connectivity index (χ1n) is 9.07. The van der Waals surface area contributed by atoms with Crippen molar-refractivity contribution in [1.29, 1.82) is 0 Å². The van der Waals surface area contributed by atoms with Gasteiger partial charge in [0.25, 0.3) is 5.91 Å². The van der Waals surface area contributed by atoms with Gasteiger partial charge in [-0.2, -0.15) is 0 Å². The van der Waals surface area contributed by atoms with Gasteiger partial charge in [-0.1, -0.05) is 36.4 Å². The smallest absolute Gasteiger partial charge is 0.275 e. The molecule has 0 aliphatic rings. The number of para-hydroxylation sites is 1. The van der Waals surface area contributed by atoms with Crippen LogP contribution in [0.3, 0.4) is 0 Å². The Labute approximate surface area is 175 Å². The fourth-order valence-electron chi connectivity index (χ4n) is 2.73. The van der Waals surface area contributed by atoms with Crippen molar-refractivity contribution in [3.63, 3.8) is 0 Å². The van der Waals surface area contributed by atoms with E-state index in [1.54, 1.807) is 29.6 Å². The molecule has 0 atom stereocenters. The lowest BCUT2D eigenvalue weighted by molar-refractivity contribution is 0.102. The zero-order valence-electron chi connectivity index (χ0n) is 15.6. The van der Waals surface area contributed by atoms with Gasteiger partial charge in [0.1, 0.15) is 34.7 Å². The summed E-state index contributed by atoms with van der Waals surface area (Å²) >= 11 is 1.31. The highest BCUT2D eigenvalue weighted by Crippen LogP contribution is 2.28. The number of ether oxygens (including phenoxy) is 1. The number of hydrogen-bond donors (Lipinski definition) is 1. The number of rotatable bonds is 6. The van der Waals surface area contributed by atoms with Gasteiger partial charge in [0.15, 0.2) is 0 Å². The first-order valence-corrected chi connectivity index (χ1v) is 9.95. The Balaban J connectivity index is 1.45. The highest BCUT2D eigenvalue weighted by molar-refractivity contribution is 7.13. The van der Waals surface area contributed by atoms with Gasteiger partial charge in [0, 0.05) is 10.9 Å². The quantitative estimate of drug-likeness (QED) is 0.420. The third-order valence-corrected chi connectivity index (χ3v) is 5.15. The molecule has 1 aromatic heterocycles. The molecule has 0 fully saturated rings. The van der Waals surface area contributed by atoms with Crippen LogP contribution < -0.4 is 10.1 Å². The Hall–Kier alpha value is -3.58. The molecule has 0 spiro atoms. The molecule has 0 saturated carbocycles. The summed E-state index contributed by atoms with van der Waals surface area (Å²) in [6.45, 7) is 0.303. The second-order valence-corrected chi connectivity index (χ2v) is 7.27. The summed E-state index contributed by atoms with van der Waals surface area (Å²) in [6, 6.07) is 19.4. The van der Waals surface area contributed by atoms with Crippen LogP contribution in [-0.2, 0) is 6.61 Å².